The van der Waals surface area contributed by atoms with Gasteiger partial charge in [-0.25, -0.2) is 4.79 Å². The van der Waals surface area contributed by atoms with E-state index in [1.54, 1.807) is 4.90 Å². The van der Waals surface area contributed by atoms with E-state index in [0.717, 1.165) is 13.1 Å². The summed E-state index contributed by atoms with van der Waals surface area (Å²) >= 11 is 0. The van der Waals surface area contributed by atoms with Crippen LogP contribution in [0.3, 0.4) is 0 Å². The summed E-state index contributed by atoms with van der Waals surface area (Å²) in [4.78, 5) is 23.4. The summed E-state index contributed by atoms with van der Waals surface area (Å²) in [6.45, 7) is 1.49. The van der Waals surface area contributed by atoms with Gasteiger partial charge in [-0.1, -0.05) is 0 Å². The van der Waals surface area contributed by atoms with Crippen LogP contribution < -0.4 is 5.32 Å². The summed E-state index contributed by atoms with van der Waals surface area (Å²) in [6.07, 6.45) is 1.13. The highest BCUT2D eigenvalue weighted by molar-refractivity contribution is 5.88. The summed E-state index contributed by atoms with van der Waals surface area (Å²) in [6, 6.07) is 0.188. The second-order valence-electron chi connectivity index (χ2n) is 3.03. The number of ketones is 1. The highest BCUT2D eigenvalue weighted by Crippen LogP contribution is 2.22. The molecule has 0 atom stereocenters. The number of urea groups is 1. The predicted octanol–water partition coefficient (Wildman–Crippen LogP) is -0.257. The molecule has 2 amide bonds. The maximum absolute atomic E-state index is 11.0. The number of rotatable bonds is 1. The van der Waals surface area contributed by atoms with E-state index in [1.165, 1.54) is 0 Å². The highest BCUT2D eigenvalue weighted by atomic mass is 16.2. The fourth-order valence-corrected chi connectivity index (χ4v) is 1.52. The van der Waals surface area contributed by atoms with E-state index < -0.39 is 0 Å². The Morgan fingerprint density at radius 3 is 2.55 bits per heavy atom. The van der Waals surface area contributed by atoms with Crippen molar-refractivity contribution in [1.82, 2.24) is 10.2 Å². The van der Waals surface area contributed by atoms with Crippen LogP contribution in [-0.2, 0) is 4.79 Å². The van der Waals surface area contributed by atoms with E-state index in [2.05, 4.69) is 5.32 Å². The Labute approximate surface area is 64.5 Å². The topological polar surface area (TPSA) is 49.4 Å². The molecule has 0 spiro atoms. The smallest absolute Gasteiger partial charge is 0.317 e. The molecule has 2 rings (SSSR count). The predicted molar refractivity (Wildman–Crippen MR) is 38.1 cm³/mol. The van der Waals surface area contributed by atoms with E-state index in [9.17, 15) is 9.59 Å². The Balaban J connectivity index is 1.95. The summed E-state index contributed by atoms with van der Waals surface area (Å²) < 4.78 is 0. The fraction of sp³-hybridized carbons (Fsp3) is 0.714. The summed E-state index contributed by atoms with van der Waals surface area (Å²) in [7, 11) is 0. The molecule has 0 aromatic rings. The highest BCUT2D eigenvalue weighted by Gasteiger charge is 2.36. The Morgan fingerprint density at radius 1 is 1.36 bits per heavy atom. The molecule has 2 aliphatic rings. The Hall–Kier alpha value is -1.06. The third-order valence-electron chi connectivity index (χ3n) is 2.26. The number of hydrogen-bond donors (Lipinski definition) is 1. The summed E-state index contributed by atoms with van der Waals surface area (Å²) in [5.41, 5.74) is 0. The second-order valence-corrected chi connectivity index (χ2v) is 3.03. The van der Waals surface area contributed by atoms with Crippen molar-refractivity contribution in [1.29, 1.82) is 0 Å². The van der Waals surface area contributed by atoms with Crippen LogP contribution >= 0.6 is 0 Å². The van der Waals surface area contributed by atoms with Crippen LogP contribution in [0.25, 0.3) is 0 Å². The van der Waals surface area contributed by atoms with Crippen molar-refractivity contribution in [2.24, 2.45) is 0 Å². The monoisotopic (exact) mass is 154 g/mol. The van der Waals surface area contributed by atoms with Gasteiger partial charge >= 0.3 is 6.03 Å². The molecule has 1 aliphatic carbocycles. The van der Waals surface area contributed by atoms with Crippen LogP contribution in [0.2, 0.25) is 0 Å². The molecule has 1 N–H and O–H groups in total. The van der Waals surface area contributed by atoms with Crippen molar-refractivity contribution in [2.45, 2.75) is 18.9 Å². The molecular weight excluding hydrogens is 144 g/mol. The molecule has 0 aromatic carbocycles. The molecule has 1 aliphatic heterocycles. The molecule has 0 unspecified atom stereocenters. The van der Waals surface area contributed by atoms with Crippen molar-refractivity contribution >= 4 is 11.8 Å². The molecular formula is C7H10N2O2. The first-order valence-corrected chi connectivity index (χ1v) is 3.83. The van der Waals surface area contributed by atoms with Gasteiger partial charge in [0.2, 0.25) is 0 Å². The van der Waals surface area contributed by atoms with Gasteiger partial charge in [0.05, 0.1) is 0 Å². The minimum atomic E-state index is -0.0116. The van der Waals surface area contributed by atoms with Crippen molar-refractivity contribution in [2.75, 3.05) is 13.1 Å². The molecule has 4 nitrogen and oxygen atoms in total. The van der Waals surface area contributed by atoms with Gasteiger partial charge in [0, 0.05) is 32.0 Å². The number of amides is 2. The lowest BCUT2D eigenvalue weighted by molar-refractivity contribution is -0.126. The first-order valence-electron chi connectivity index (χ1n) is 3.83. The largest absolute Gasteiger partial charge is 0.336 e. The van der Waals surface area contributed by atoms with Crippen molar-refractivity contribution in [3.63, 3.8) is 0 Å². The van der Waals surface area contributed by atoms with Gasteiger partial charge in [0.25, 0.3) is 0 Å². The normalized spacial score (nSPS) is 25.3. The van der Waals surface area contributed by atoms with Crippen LogP contribution in [0, 0.1) is 0 Å². The van der Waals surface area contributed by atoms with Gasteiger partial charge in [-0.2, -0.15) is 0 Å². The Morgan fingerprint density at radius 2 is 2.09 bits per heavy atom. The molecule has 1 saturated carbocycles. The molecule has 11 heavy (non-hydrogen) atoms. The van der Waals surface area contributed by atoms with Crippen LogP contribution in [0.1, 0.15) is 12.8 Å². The lowest BCUT2D eigenvalue weighted by Crippen LogP contribution is -2.46. The first-order chi connectivity index (χ1) is 5.27. The number of nitrogens with one attached hydrogen (secondary N) is 1. The standard InChI is InChI=1S/C7H10N2O2/c10-6-3-5(4-6)9-2-1-8-7(9)11/h5H,1-4H2,(H,8,11). The Kier molecular flexibility index (Phi) is 1.34. The number of hydrogen-bond acceptors (Lipinski definition) is 2. The summed E-state index contributed by atoms with van der Waals surface area (Å²) in [5.74, 6) is 0.273. The fourth-order valence-electron chi connectivity index (χ4n) is 1.52. The van der Waals surface area contributed by atoms with Gasteiger partial charge < -0.3 is 10.2 Å². The number of carbonyl (C=O) groups is 2. The SMILES string of the molecule is O=C1CC(N2CCNC2=O)C1. The maximum atomic E-state index is 11.0. The zero-order chi connectivity index (χ0) is 7.84. The molecule has 4 heteroatoms. The number of nitrogens with zero attached hydrogens (tertiary/aromatic N) is 1. The average Bonchev–Trinajstić information content (AvgIpc) is 2.29. The Bertz CT molecular complexity index is 206. The molecule has 0 aromatic heterocycles. The van der Waals surface area contributed by atoms with Gasteiger partial charge in [-0.15, -0.1) is 0 Å². The van der Waals surface area contributed by atoms with Crippen LogP contribution in [0.15, 0.2) is 0 Å². The van der Waals surface area contributed by atoms with E-state index >= 15 is 0 Å². The van der Waals surface area contributed by atoms with E-state index in [0.29, 0.717) is 12.8 Å². The quantitative estimate of drug-likeness (QED) is 0.566. The van der Waals surface area contributed by atoms with Crippen LogP contribution in [-0.4, -0.2) is 35.8 Å². The zero-order valence-electron chi connectivity index (χ0n) is 6.17. The number of Topliss-reactive ketones (excluding diaryl/α,β-unsaturated/α-hetero) is 1. The van der Waals surface area contributed by atoms with Crippen molar-refractivity contribution in [3.05, 3.63) is 0 Å². The van der Waals surface area contributed by atoms with Gasteiger partial charge in [-0.05, 0) is 0 Å². The second kappa shape index (κ2) is 2.22. The van der Waals surface area contributed by atoms with E-state index in [1.807, 2.05) is 0 Å². The number of carbonyl (C=O) groups excluding carboxylic acids is 2. The maximum Gasteiger partial charge on any atom is 0.317 e. The first kappa shape index (κ1) is 6.64. The lowest BCUT2D eigenvalue weighted by Gasteiger charge is -2.32. The lowest BCUT2D eigenvalue weighted by atomic mass is 9.90. The van der Waals surface area contributed by atoms with E-state index in [-0.39, 0.29) is 17.9 Å². The van der Waals surface area contributed by atoms with Gasteiger partial charge in [0.15, 0.2) is 0 Å². The summed E-state index contributed by atoms with van der Waals surface area (Å²) in [5, 5.41) is 2.71. The average molecular weight is 154 g/mol. The van der Waals surface area contributed by atoms with Crippen molar-refractivity contribution < 1.29 is 9.59 Å². The molecule has 1 heterocycles. The minimum Gasteiger partial charge on any atom is -0.336 e. The van der Waals surface area contributed by atoms with Crippen LogP contribution in [0.4, 0.5) is 4.79 Å². The molecule has 0 radical (unpaired) electrons. The van der Waals surface area contributed by atoms with Gasteiger partial charge in [0.1, 0.15) is 5.78 Å². The van der Waals surface area contributed by atoms with E-state index in [4.69, 9.17) is 0 Å². The molecule has 0 bridgehead atoms. The molecule has 2 fully saturated rings. The van der Waals surface area contributed by atoms with Gasteiger partial charge in [-0.3, -0.25) is 4.79 Å². The third kappa shape index (κ3) is 0.982. The third-order valence-corrected chi connectivity index (χ3v) is 2.26. The molecule has 1 saturated heterocycles. The zero-order valence-corrected chi connectivity index (χ0v) is 6.17. The molecule has 60 valence electrons. The van der Waals surface area contributed by atoms with Crippen LogP contribution in [0.5, 0.6) is 0 Å². The minimum absolute atomic E-state index is 0.0116. The van der Waals surface area contributed by atoms with Crippen molar-refractivity contribution in [3.8, 4) is 0 Å².